The maximum atomic E-state index is 13.7. The molecule has 0 aliphatic carbocycles. The molecule has 22 heavy (non-hydrogen) atoms. The Hall–Kier alpha value is -0.250. The van der Waals surface area contributed by atoms with Crippen LogP contribution in [0.4, 0.5) is 4.39 Å². The molecule has 0 spiro atoms. The number of benzene rings is 1. The van der Waals surface area contributed by atoms with Crippen molar-refractivity contribution < 1.29 is 17.5 Å². The molecule has 2 rings (SSSR count). The summed E-state index contributed by atoms with van der Waals surface area (Å²) in [5, 5.41) is 3.27. The lowest BCUT2D eigenvalue weighted by Crippen LogP contribution is -2.52. The molecule has 0 aromatic heterocycles. The number of rotatable bonds is 6. The van der Waals surface area contributed by atoms with Gasteiger partial charge in [-0.2, -0.15) is 0 Å². The molecule has 1 aliphatic heterocycles. The predicted molar refractivity (Wildman–Crippen MR) is 88.4 cm³/mol. The fourth-order valence-electron chi connectivity index (χ4n) is 2.46. The predicted octanol–water partition coefficient (Wildman–Crippen LogP) is 2.06. The Morgan fingerprint density at radius 2 is 2.23 bits per heavy atom. The number of hydrogen-bond acceptors (Lipinski definition) is 4. The van der Waals surface area contributed by atoms with E-state index in [0.29, 0.717) is 11.1 Å². The van der Waals surface area contributed by atoms with E-state index in [9.17, 15) is 12.8 Å². The highest BCUT2D eigenvalue weighted by Crippen LogP contribution is 2.22. The summed E-state index contributed by atoms with van der Waals surface area (Å²) in [5.41, 5.74) is -0.426. The van der Waals surface area contributed by atoms with Gasteiger partial charge in [-0.15, -0.1) is 12.4 Å². The van der Waals surface area contributed by atoms with Gasteiger partial charge in [-0.05, 0) is 37.6 Å². The zero-order chi connectivity index (χ0) is 15.5. The van der Waals surface area contributed by atoms with Gasteiger partial charge in [0.25, 0.3) is 0 Å². The molecule has 0 saturated carbocycles. The maximum absolute atomic E-state index is 13.7. The van der Waals surface area contributed by atoms with Crippen LogP contribution in [0.25, 0.3) is 0 Å². The SMILES string of the molecule is COCC1(CNS(=O)(=O)c2cc(Br)ccc2F)CCCN1.Cl. The van der Waals surface area contributed by atoms with Crippen molar-refractivity contribution in [1.82, 2.24) is 10.0 Å². The molecule has 0 radical (unpaired) electrons. The lowest BCUT2D eigenvalue weighted by molar-refractivity contribution is 0.122. The van der Waals surface area contributed by atoms with E-state index >= 15 is 0 Å². The molecule has 126 valence electrons. The highest BCUT2D eigenvalue weighted by molar-refractivity contribution is 9.10. The normalized spacial score (nSPS) is 21.6. The topological polar surface area (TPSA) is 67.4 Å². The van der Waals surface area contributed by atoms with Gasteiger partial charge in [-0.1, -0.05) is 15.9 Å². The van der Waals surface area contributed by atoms with Gasteiger partial charge in [0.15, 0.2) is 0 Å². The number of methoxy groups -OCH3 is 1. The van der Waals surface area contributed by atoms with E-state index in [2.05, 4.69) is 26.0 Å². The Labute approximate surface area is 144 Å². The maximum Gasteiger partial charge on any atom is 0.243 e. The second-order valence-corrected chi connectivity index (χ2v) is 7.79. The molecule has 1 saturated heterocycles. The van der Waals surface area contributed by atoms with Crippen LogP contribution in [-0.4, -0.2) is 40.8 Å². The van der Waals surface area contributed by atoms with Crippen molar-refractivity contribution in [3.8, 4) is 0 Å². The van der Waals surface area contributed by atoms with E-state index < -0.39 is 21.4 Å². The van der Waals surface area contributed by atoms with Crippen molar-refractivity contribution in [1.29, 1.82) is 0 Å². The van der Waals surface area contributed by atoms with E-state index in [1.54, 1.807) is 7.11 Å². The van der Waals surface area contributed by atoms with Gasteiger partial charge in [-0.25, -0.2) is 17.5 Å². The minimum absolute atomic E-state index is 0. The fraction of sp³-hybridized carbons (Fsp3) is 0.538. The van der Waals surface area contributed by atoms with Gasteiger partial charge in [0, 0.05) is 18.1 Å². The summed E-state index contributed by atoms with van der Waals surface area (Å²) < 4.78 is 46.4. The van der Waals surface area contributed by atoms with Crippen LogP contribution in [0.3, 0.4) is 0 Å². The monoisotopic (exact) mass is 416 g/mol. The van der Waals surface area contributed by atoms with Crippen molar-refractivity contribution >= 4 is 38.4 Å². The van der Waals surface area contributed by atoms with Crippen LogP contribution >= 0.6 is 28.3 Å². The summed E-state index contributed by atoms with van der Waals surface area (Å²) in [6.45, 7) is 1.38. The molecule has 1 unspecified atom stereocenters. The van der Waals surface area contributed by atoms with Crippen molar-refractivity contribution in [3.05, 3.63) is 28.5 Å². The summed E-state index contributed by atoms with van der Waals surface area (Å²) in [7, 11) is -2.33. The fourth-order valence-corrected chi connectivity index (χ4v) is 4.21. The number of halogens is 3. The number of hydrogen-bond donors (Lipinski definition) is 2. The average Bonchev–Trinajstić information content (AvgIpc) is 2.89. The number of nitrogens with one attached hydrogen (secondary N) is 2. The van der Waals surface area contributed by atoms with Gasteiger partial charge < -0.3 is 10.1 Å². The molecule has 5 nitrogen and oxygen atoms in total. The molecule has 1 aliphatic rings. The van der Waals surface area contributed by atoms with Crippen LogP contribution in [0.15, 0.2) is 27.6 Å². The largest absolute Gasteiger partial charge is 0.383 e. The van der Waals surface area contributed by atoms with E-state index in [1.807, 2.05) is 0 Å². The van der Waals surface area contributed by atoms with Crippen molar-refractivity contribution in [2.45, 2.75) is 23.3 Å². The molecule has 2 N–H and O–H groups in total. The van der Waals surface area contributed by atoms with Crippen LogP contribution in [-0.2, 0) is 14.8 Å². The van der Waals surface area contributed by atoms with Gasteiger partial charge in [-0.3, -0.25) is 0 Å². The van der Waals surface area contributed by atoms with Gasteiger partial charge >= 0.3 is 0 Å². The first-order valence-electron chi connectivity index (χ1n) is 6.57. The van der Waals surface area contributed by atoms with Crippen molar-refractivity contribution in [2.75, 3.05) is 26.8 Å². The second kappa shape index (κ2) is 8.03. The summed E-state index contributed by atoms with van der Waals surface area (Å²) in [4.78, 5) is -0.359. The molecule has 0 bridgehead atoms. The summed E-state index contributed by atoms with van der Waals surface area (Å²) in [5.74, 6) is -0.772. The van der Waals surface area contributed by atoms with Crippen LogP contribution in [0.2, 0.25) is 0 Å². The summed E-state index contributed by atoms with van der Waals surface area (Å²) in [6, 6.07) is 3.83. The van der Waals surface area contributed by atoms with Crippen molar-refractivity contribution in [3.63, 3.8) is 0 Å². The van der Waals surface area contributed by atoms with Crippen molar-refractivity contribution in [2.24, 2.45) is 0 Å². The Kier molecular flexibility index (Phi) is 7.22. The Morgan fingerprint density at radius 1 is 1.50 bits per heavy atom. The minimum Gasteiger partial charge on any atom is -0.383 e. The van der Waals surface area contributed by atoms with E-state index in [0.717, 1.165) is 25.5 Å². The zero-order valence-corrected chi connectivity index (χ0v) is 15.3. The first-order valence-corrected chi connectivity index (χ1v) is 8.85. The molecule has 1 aromatic carbocycles. The van der Waals surface area contributed by atoms with Gasteiger partial charge in [0.2, 0.25) is 10.0 Å². The molecule has 9 heteroatoms. The van der Waals surface area contributed by atoms with E-state index in [1.165, 1.54) is 12.1 Å². The highest BCUT2D eigenvalue weighted by atomic mass is 79.9. The summed E-state index contributed by atoms with van der Waals surface area (Å²) >= 11 is 3.15. The first-order chi connectivity index (χ1) is 9.88. The molecule has 1 atom stereocenters. The molecule has 0 amide bonds. The van der Waals surface area contributed by atoms with Gasteiger partial charge in [0.1, 0.15) is 10.7 Å². The van der Waals surface area contributed by atoms with Gasteiger partial charge in [0.05, 0.1) is 12.1 Å². The molecule has 1 fully saturated rings. The molecular formula is C13H19BrClFN2O3S. The third kappa shape index (κ3) is 4.62. The molecule has 1 aromatic rings. The quantitative estimate of drug-likeness (QED) is 0.743. The van der Waals surface area contributed by atoms with Crippen LogP contribution in [0.1, 0.15) is 12.8 Å². The second-order valence-electron chi connectivity index (χ2n) is 5.14. The smallest absolute Gasteiger partial charge is 0.243 e. The summed E-state index contributed by atoms with van der Waals surface area (Å²) in [6.07, 6.45) is 1.76. The van der Waals surface area contributed by atoms with Crippen LogP contribution in [0, 0.1) is 5.82 Å². The molecular weight excluding hydrogens is 399 g/mol. The third-order valence-electron chi connectivity index (χ3n) is 3.54. The van der Waals surface area contributed by atoms with E-state index in [4.69, 9.17) is 4.74 Å². The zero-order valence-electron chi connectivity index (χ0n) is 12.1. The highest BCUT2D eigenvalue weighted by Gasteiger charge is 2.35. The van der Waals surface area contributed by atoms with Crippen LogP contribution in [0.5, 0.6) is 0 Å². The molecule has 1 heterocycles. The third-order valence-corrected chi connectivity index (χ3v) is 5.45. The Bertz CT molecular complexity index is 609. The first kappa shape index (κ1) is 19.8. The van der Waals surface area contributed by atoms with Crippen LogP contribution < -0.4 is 10.0 Å². The standard InChI is InChI=1S/C13H18BrFN2O3S.ClH/c1-20-9-13(5-2-6-16-13)8-17-21(18,19)12-7-10(14)3-4-11(12)15;/h3-4,7,16-17H,2,5-6,8-9H2,1H3;1H. The Balaban J connectivity index is 0.00000242. The Morgan fingerprint density at radius 3 is 2.82 bits per heavy atom. The number of ether oxygens (including phenoxy) is 1. The lowest BCUT2D eigenvalue weighted by Gasteiger charge is -2.28. The number of sulfonamides is 1. The minimum atomic E-state index is -3.91. The average molecular weight is 418 g/mol. The lowest BCUT2D eigenvalue weighted by atomic mass is 9.99. The van der Waals surface area contributed by atoms with E-state index in [-0.39, 0.29) is 23.8 Å².